The zero-order valence-corrected chi connectivity index (χ0v) is 8.01. The van der Waals surface area contributed by atoms with Crippen LogP contribution in [-0.4, -0.2) is 0 Å². The third-order valence-corrected chi connectivity index (χ3v) is 3.68. The Balaban J connectivity index is 2.31. The van der Waals surface area contributed by atoms with Crippen molar-refractivity contribution in [3.05, 3.63) is 34.4 Å². The summed E-state index contributed by atoms with van der Waals surface area (Å²) in [5, 5.41) is 0. The van der Waals surface area contributed by atoms with Gasteiger partial charge >= 0.3 is 0 Å². The summed E-state index contributed by atoms with van der Waals surface area (Å²) in [5.74, 6) is 0.792. The van der Waals surface area contributed by atoms with Crippen molar-refractivity contribution in [2.45, 2.75) is 38.1 Å². The predicted octanol–water partition coefficient (Wildman–Crippen LogP) is 2.43. The molecule has 0 spiro atoms. The Labute approximate surface area is 78.9 Å². The van der Waals surface area contributed by atoms with Crippen molar-refractivity contribution in [3.8, 4) is 0 Å². The first-order valence-electron chi connectivity index (χ1n) is 5.15. The maximum atomic E-state index is 6.14. The van der Waals surface area contributed by atoms with Crippen molar-refractivity contribution in [2.75, 3.05) is 0 Å². The summed E-state index contributed by atoms with van der Waals surface area (Å²) in [4.78, 5) is 0. The second-order valence-corrected chi connectivity index (χ2v) is 4.45. The van der Waals surface area contributed by atoms with Crippen LogP contribution in [0, 0.1) is 6.92 Å². The van der Waals surface area contributed by atoms with Gasteiger partial charge in [0.1, 0.15) is 0 Å². The molecule has 0 heterocycles. The highest BCUT2D eigenvalue weighted by molar-refractivity contribution is 5.50. The zero-order chi connectivity index (χ0) is 9.00. The Bertz CT molecular complexity index is 368. The van der Waals surface area contributed by atoms with E-state index in [2.05, 4.69) is 19.1 Å². The van der Waals surface area contributed by atoms with Gasteiger partial charge in [0.15, 0.2) is 0 Å². The molecule has 1 nitrogen and oxygen atoms in total. The summed E-state index contributed by atoms with van der Waals surface area (Å²) in [6.07, 6.45) is 3.80. The third-order valence-electron chi connectivity index (χ3n) is 3.68. The van der Waals surface area contributed by atoms with Crippen LogP contribution in [0.25, 0.3) is 0 Å². The van der Waals surface area contributed by atoms with Crippen LogP contribution in [0.2, 0.25) is 0 Å². The van der Waals surface area contributed by atoms with Crippen LogP contribution >= 0.6 is 0 Å². The molecule has 0 saturated carbocycles. The van der Waals surface area contributed by atoms with E-state index in [1.165, 1.54) is 30.4 Å². The maximum Gasteiger partial charge on any atom is 0.0306 e. The quantitative estimate of drug-likeness (QED) is 0.640. The van der Waals surface area contributed by atoms with E-state index in [0.717, 1.165) is 5.92 Å². The van der Waals surface area contributed by atoms with Gasteiger partial charge in [0.2, 0.25) is 0 Å². The van der Waals surface area contributed by atoms with Gasteiger partial charge in [0, 0.05) is 6.04 Å². The number of hydrogen-bond acceptors (Lipinski definition) is 1. The Morgan fingerprint density at radius 1 is 1.31 bits per heavy atom. The van der Waals surface area contributed by atoms with Gasteiger partial charge in [-0.25, -0.2) is 0 Å². The van der Waals surface area contributed by atoms with Gasteiger partial charge in [0.25, 0.3) is 0 Å². The first-order chi connectivity index (χ1) is 6.27. The number of nitrogens with two attached hydrogens (primary N) is 1. The predicted molar refractivity (Wildman–Crippen MR) is 53.8 cm³/mol. The lowest BCUT2D eigenvalue weighted by Crippen LogP contribution is -2.08. The number of aryl methyl sites for hydroxylation is 2. The van der Waals surface area contributed by atoms with Gasteiger partial charge in [-0.2, -0.15) is 0 Å². The van der Waals surface area contributed by atoms with Crippen LogP contribution in [-0.2, 0) is 6.42 Å². The van der Waals surface area contributed by atoms with E-state index >= 15 is 0 Å². The molecule has 2 atom stereocenters. The topological polar surface area (TPSA) is 26.0 Å². The molecule has 2 aliphatic rings. The van der Waals surface area contributed by atoms with Crippen molar-refractivity contribution < 1.29 is 0 Å². The summed E-state index contributed by atoms with van der Waals surface area (Å²) < 4.78 is 0. The van der Waals surface area contributed by atoms with Crippen molar-refractivity contribution in [2.24, 2.45) is 5.73 Å². The molecule has 2 unspecified atom stereocenters. The molecule has 0 radical (unpaired) electrons. The highest BCUT2D eigenvalue weighted by atomic mass is 14.7. The standard InChI is InChI=1S/C12H15N/c1-7-2-3-8-4-5-9-6-10(13)11(7)12(8)9/h2-3,9-10H,4-6,13H2,1H3. The van der Waals surface area contributed by atoms with E-state index in [4.69, 9.17) is 5.73 Å². The fraction of sp³-hybridized carbons (Fsp3) is 0.500. The van der Waals surface area contributed by atoms with E-state index in [9.17, 15) is 0 Å². The molecule has 0 aliphatic heterocycles. The molecular formula is C12H15N. The van der Waals surface area contributed by atoms with Crippen LogP contribution in [0.3, 0.4) is 0 Å². The summed E-state index contributed by atoms with van der Waals surface area (Å²) in [7, 11) is 0. The number of hydrogen-bond donors (Lipinski definition) is 1. The van der Waals surface area contributed by atoms with Crippen molar-refractivity contribution in [3.63, 3.8) is 0 Å². The van der Waals surface area contributed by atoms with E-state index in [1.807, 2.05) is 0 Å². The average molecular weight is 173 g/mol. The van der Waals surface area contributed by atoms with Gasteiger partial charge in [-0.15, -0.1) is 0 Å². The van der Waals surface area contributed by atoms with E-state index in [0.29, 0.717) is 6.04 Å². The molecule has 1 aromatic rings. The summed E-state index contributed by atoms with van der Waals surface area (Å²) in [6.45, 7) is 2.19. The smallest absolute Gasteiger partial charge is 0.0306 e. The van der Waals surface area contributed by atoms with Crippen LogP contribution in [0.5, 0.6) is 0 Å². The minimum Gasteiger partial charge on any atom is -0.324 e. The molecule has 0 bridgehead atoms. The first-order valence-corrected chi connectivity index (χ1v) is 5.15. The Morgan fingerprint density at radius 3 is 3.00 bits per heavy atom. The lowest BCUT2D eigenvalue weighted by atomic mass is 9.98. The largest absolute Gasteiger partial charge is 0.324 e. The molecule has 0 fully saturated rings. The van der Waals surface area contributed by atoms with Gasteiger partial charge in [0.05, 0.1) is 0 Å². The summed E-state index contributed by atoms with van der Waals surface area (Å²) in [6, 6.07) is 4.86. The molecule has 3 rings (SSSR count). The highest BCUT2D eigenvalue weighted by Crippen LogP contribution is 2.48. The second kappa shape index (κ2) is 2.36. The SMILES string of the molecule is Cc1ccc2c3c1C(N)CC3CC2. The maximum absolute atomic E-state index is 6.14. The molecule has 1 heteroatoms. The molecule has 0 saturated heterocycles. The third kappa shape index (κ3) is 0.856. The van der Waals surface area contributed by atoms with E-state index in [1.54, 1.807) is 11.1 Å². The average Bonchev–Trinajstić information content (AvgIpc) is 2.61. The Morgan fingerprint density at radius 2 is 2.15 bits per heavy atom. The van der Waals surface area contributed by atoms with Gasteiger partial charge in [-0.05, 0) is 54.4 Å². The molecule has 0 aromatic heterocycles. The summed E-state index contributed by atoms with van der Waals surface area (Å²) in [5.41, 5.74) is 12.2. The Kier molecular flexibility index (Phi) is 1.37. The van der Waals surface area contributed by atoms with E-state index < -0.39 is 0 Å². The second-order valence-electron chi connectivity index (χ2n) is 4.45. The molecule has 13 heavy (non-hydrogen) atoms. The molecule has 0 amide bonds. The highest BCUT2D eigenvalue weighted by Gasteiger charge is 2.35. The first kappa shape index (κ1) is 7.57. The molecular weight excluding hydrogens is 158 g/mol. The monoisotopic (exact) mass is 173 g/mol. The lowest BCUT2D eigenvalue weighted by Gasteiger charge is -2.10. The van der Waals surface area contributed by atoms with Crippen LogP contribution in [0.15, 0.2) is 12.1 Å². The zero-order valence-electron chi connectivity index (χ0n) is 8.01. The Hall–Kier alpha value is -0.820. The lowest BCUT2D eigenvalue weighted by molar-refractivity contribution is 0.589. The van der Waals surface area contributed by atoms with Gasteiger partial charge in [-0.1, -0.05) is 12.1 Å². The van der Waals surface area contributed by atoms with Crippen molar-refractivity contribution >= 4 is 0 Å². The minimum atomic E-state index is 0.320. The molecule has 2 N–H and O–H groups in total. The molecule has 1 aromatic carbocycles. The fourth-order valence-electron chi connectivity index (χ4n) is 3.12. The van der Waals surface area contributed by atoms with E-state index in [-0.39, 0.29) is 0 Å². The molecule has 2 aliphatic carbocycles. The van der Waals surface area contributed by atoms with Crippen LogP contribution < -0.4 is 5.73 Å². The number of benzene rings is 1. The number of rotatable bonds is 0. The van der Waals surface area contributed by atoms with Gasteiger partial charge in [-0.3, -0.25) is 0 Å². The summed E-state index contributed by atoms with van der Waals surface area (Å²) >= 11 is 0. The van der Waals surface area contributed by atoms with Crippen molar-refractivity contribution in [1.82, 2.24) is 0 Å². The van der Waals surface area contributed by atoms with Crippen LogP contribution in [0.4, 0.5) is 0 Å². The van der Waals surface area contributed by atoms with Crippen LogP contribution in [0.1, 0.15) is 47.1 Å². The van der Waals surface area contributed by atoms with Gasteiger partial charge < -0.3 is 5.73 Å². The fourth-order valence-corrected chi connectivity index (χ4v) is 3.12. The van der Waals surface area contributed by atoms with Crippen molar-refractivity contribution in [1.29, 1.82) is 0 Å². The molecule has 68 valence electrons. The normalized spacial score (nSPS) is 29.4. The minimum absolute atomic E-state index is 0.320.